The number of nitrogens with zero attached hydrogens (tertiary/aromatic N) is 2. The summed E-state index contributed by atoms with van der Waals surface area (Å²) in [5.41, 5.74) is 2.16. The Hall–Kier alpha value is -1.40. The highest BCUT2D eigenvalue weighted by Gasteiger charge is 2.30. The molecule has 1 aromatic heterocycles. The largest absolute Gasteiger partial charge is 0.381 e. The molecule has 134 valence electrons. The molecule has 1 aromatic carbocycles. The number of rotatable bonds is 3. The van der Waals surface area contributed by atoms with Crippen LogP contribution in [0.25, 0.3) is 11.0 Å². The van der Waals surface area contributed by atoms with Crippen molar-refractivity contribution >= 4 is 32.9 Å². The first kappa shape index (κ1) is 17.0. The van der Waals surface area contributed by atoms with E-state index in [1.807, 2.05) is 0 Å². The first-order valence-electron chi connectivity index (χ1n) is 9.15. The number of carbonyl (C=O) groups excluding carboxylic acids is 1. The number of fused-ring (bicyclic) bond motifs is 1. The van der Waals surface area contributed by atoms with Gasteiger partial charge in [0.2, 0.25) is 5.91 Å². The molecule has 1 saturated carbocycles. The molecule has 2 heterocycles. The second-order valence-corrected chi connectivity index (χ2v) is 8.07. The third-order valence-electron chi connectivity index (χ3n) is 5.56. The number of hydrogen-bond donors (Lipinski definition) is 1. The molecule has 1 aliphatic heterocycles. The maximum Gasteiger partial charge on any atom is 0.220 e. The predicted molar refractivity (Wildman–Crippen MR) is 100 cm³/mol. The van der Waals surface area contributed by atoms with E-state index in [1.165, 1.54) is 5.52 Å². The second kappa shape index (κ2) is 7.08. The number of nitrogens with one attached hydrogen (secondary N) is 1. The summed E-state index contributed by atoms with van der Waals surface area (Å²) in [6.45, 7) is 0. The van der Waals surface area contributed by atoms with Crippen LogP contribution in [0.1, 0.15) is 62.9 Å². The lowest BCUT2D eigenvalue weighted by Gasteiger charge is -2.32. The van der Waals surface area contributed by atoms with Crippen molar-refractivity contribution in [1.82, 2.24) is 14.9 Å². The van der Waals surface area contributed by atoms with Gasteiger partial charge in [-0.25, -0.2) is 4.98 Å². The summed E-state index contributed by atoms with van der Waals surface area (Å²) in [6, 6.07) is 6.73. The van der Waals surface area contributed by atoms with Crippen LogP contribution in [0.4, 0.5) is 0 Å². The Balaban J connectivity index is 1.74. The highest BCUT2D eigenvalue weighted by atomic mass is 79.9. The fraction of sp³-hybridized carbons (Fsp3) is 0.579. The number of methoxy groups -OCH3 is 1. The number of imidazole rings is 1. The lowest BCUT2D eigenvalue weighted by Crippen LogP contribution is -2.35. The van der Waals surface area contributed by atoms with E-state index in [0.717, 1.165) is 54.3 Å². The molecule has 0 spiro atoms. The van der Waals surface area contributed by atoms with E-state index in [2.05, 4.69) is 44.0 Å². The average molecular weight is 406 g/mol. The zero-order valence-electron chi connectivity index (χ0n) is 14.5. The van der Waals surface area contributed by atoms with Crippen LogP contribution in [0.5, 0.6) is 0 Å². The fourth-order valence-corrected chi connectivity index (χ4v) is 4.61. The molecular formula is C19H24BrN3O2. The topological polar surface area (TPSA) is 56.1 Å². The van der Waals surface area contributed by atoms with Crippen LogP contribution in [0.2, 0.25) is 0 Å². The summed E-state index contributed by atoms with van der Waals surface area (Å²) >= 11 is 3.55. The summed E-state index contributed by atoms with van der Waals surface area (Å²) in [5, 5.41) is 3.15. The summed E-state index contributed by atoms with van der Waals surface area (Å²) in [4.78, 5) is 16.8. The van der Waals surface area contributed by atoms with Gasteiger partial charge >= 0.3 is 0 Å². The van der Waals surface area contributed by atoms with E-state index >= 15 is 0 Å². The molecule has 2 aromatic rings. The number of hydrogen-bond acceptors (Lipinski definition) is 3. The molecular weight excluding hydrogens is 382 g/mol. The van der Waals surface area contributed by atoms with Gasteiger partial charge < -0.3 is 14.6 Å². The first-order chi connectivity index (χ1) is 12.2. The molecule has 0 radical (unpaired) electrons. The van der Waals surface area contributed by atoms with E-state index < -0.39 is 0 Å². The molecule has 1 saturated heterocycles. The number of halogens is 1. The molecule has 0 bridgehead atoms. The van der Waals surface area contributed by atoms with Crippen LogP contribution in [-0.4, -0.2) is 28.7 Å². The number of carbonyl (C=O) groups is 1. The molecule has 6 heteroatoms. The third-order valence-corrected chi connectivity index (χ3v) is 6.06. The van der Waals surface area contributed by atoms with Crippen LogP contribution in [-0.2, 0) is 9.53 Å². The van der Waals surface area contributed by atoms with Crippen molar-refractivity contribution in [3.8, 4) is 0 Å². The lowest BCUT2D eigenvalue weighted by molar-refractivity contribution is -0.123. The summed E-state index contributed by atoms with van der Waals surface area (Å²) in [6.07, 6.45) is 7.23. The van der Waals surface area contributed by atoms with Gasteiger partial charge in [0.25, 0.3) is 0 Å². The molecule has 1 aliphatic carbocycles. The van der Waals surface area contributed by atoms with E-state index in [-0.39, 0.29) is 11.9 Å². The Kier molecular flexibility index (Phi) is 4.82. The minimum Gasteiger partial charge on any atom is -0.381 e. The zero-order valence-corrected chi connectivity index (χ0v) is 16.1. The third kappa shape index (κ3) is 3.34. The lowest BCUT2D eigenvalue weighted by atomic mass is 9.92. The number of aromatic nitrogens is 2. The molecule has 25 heavy (non-hydrogen) atoms. The summed E-state index contributed by atoms with van der Waals surface area (Å²) < 4.78 is 8.96. The van der Waals surface area contributed by atoms with Crippen LogP contribution in [0.15, 0.2) is 22.7 Å². The second-order valence-electron chi connectivity index (χ2n) is 7.15. The van der Waals surface area contributed by atoms with Gasteiger partial charge in [-0.15, -0.1) is 0 Å². The molecule has 4 rings (SSSR count). The van der Waals surface area contributed by atoms with Gasteiger partial charge in [-0.1, -0.05) is 15.9 Å². The maximum absolute atomic E-state index is 11.9. The van der Waals surface area contributed by atoms with Crippen molar-refractivity contribution in [3.63, 3.8) is 0 Å². The first-order valence-corrected chi connectivity index (χ1v) is 9.94. The Morgan fingerprint density at radius 2 is 2.04 bits per heavy atom. The van der Waals surface area contributed by atoms with Crippen LogP contribution in [0, 0.1) is 0 Å². The van der Waals surface area contributed by atoms with Crippen molar-refractivity contribution in [2.24, 2.45) is 0 Å². The number of ether oxygens (including phenoxy) is 1. The van der Waals surface area contributed by atoms with Gasteiger partial charge in [-0.3, -0.25) is 4.79 Å². The molecule has 1 N–H and O–H groups in total. The van der Waals surface area contributed by atoms with Gasteiger partial charge in [0, 0.05) is 24.0 Å². The Bertz CT molecular complexity index is 780. The predicted octanol–water partition coefficient (Wildman–Crippen LogP) is 4.27. The Labute approximate surface area is 156 Å². The number of piperidine rings is 1. The SMILES string of the molecule is COC1CCC(n2c([C@@H]3CCCC(=O)N3)nc3cc(Br)ccc32)CC1. The standard InChI is InChI=1S/C19H24BrN3O2/c1-25-14-8-6-13(7-9-14)23-17-10-5-12(20)11-16(17)22-19(23)15-3-2-4-18(24)21-15/h5,10-11,13-15H,2-4,6-9H2,1H3,(H,21,24)/t13?,14?,15-/m0/s1. The Morgan fingerprint density at radius 1 is 1.24 bits per heavy atom. The number of amides is 1. The van der Waals surface area contributed by atoms with Crippen molar-refractivity contribution in [1.29, 1.82) is 0 Å². The smallest absolute Gasteiger partial charge is 0.220 e. The van der Waals surface area contributed by atoms with Crippen molar-refractivity contribution in [2.75, 3.05) is 7.11 Å². The van der Waals surface area contributed by atoms with Gasteiger partial charge in [0.15, 0.2) is 0 Å². The van der Waals surface area contributed by atoms with Crippen molar-refractivity contribution < 1.29 is 9.53 Å². The maximum atomic E-state index is 11.9. The molecule has 1 atom stereocenters. The van der Waals surface area contributed by atoms with Gasteiger partial charge in [0.1, 0.15) is 5.82 Å². The molecule has 0 unspecified atom stereocenters. The van der Waals surface area contributed by atoms with Crippen LogP contribution in [0.3, 0.4) is 0 Å². The summed E-state index contributed by atoms with van der Waals surface area (Å²) in [5.74, 6) is 1.15. The highest BCUT2D eigenvalue weighted by molar-refractivity contribution is 9.10. The van der Waals surface area contributed by atoms with Gasteiger partial charge in [-0.05, 0) is 56.7 Å². The summed E-state index contributed by atoms with van der Waals surface area (Å²) in [7, 11) is 1.80. The Morgan fingerprint density at radius 3 is 2.76 bits per heavy atom. The minimum absolute atomic E-state index is 0.0209. The van der Waals surface area contributed by atoms with E-state index in [9.17, 15) is 4.79 Å². The monoisotopic (exact) mass is 405 g/mol. The zero-order chi connectivity index (χ0) is 17.4. The van der Waals surface area contributed by atoms with E-state index in [0.29, 0.717) is 18.6 Å². The van der Waals surface area contributed by atoms with Crippen molar-refractivity contribution in [2.45, 2.75) is 63.1 Å². The quantitative estimate of drug-likeness (QED) is 0.828. The van der Waals surface area contributed by atoms with Gasteiger partial charge in [0.05, 0.1) is 23.2 Å². The fourth-order valence-electron chi connectivity index (χ4n) is 4.26. The highest BCUT2D eigenvalue weighted by Crippen LogP contribution is 2.37. The molecule has 2 aliphatic rings. The number of benzene rings is 1. The normalized spacial score (nSPS) is 27.4. The van der Waals surface area contributed by atoms with Gasteiger partial charge in [-0.2, -0.15) is 0 Å². The van der Waals surface area contributed by atoms with E-state index in [4.69, 9.17) is 9.72 Å². The van der Waals surface area contributed by atoms with E-state index in [1.54, 1.807) is 7.11 Å². The average Bonchev–Trinajstić information content (AvgIpc) is 3.00. The molecule has 5 nitrogen and oxygen atoms in total. The van der Waals surface area contributed by atoms with Crippen molar-refractivity contribution in [3.05, 3.63) is 28.5 Å². The molecule has 2 fully saturated rings. The molecule has 1 amide bonds. The van der Waals surface area contributed by atoms with Crippen LogP contribution >= 0.6 is 15.9 Å². The minimum atomic E-state index is 0.0209. The van der Waals surface area contributed by atoms with Crippen LogP contribution < -0.4 is 5.32 Å².